The molecule has 1 aliphatic rings. The van der Waals surface area contributed by atoms with E-state index in [9.17, 15) is 10.2 Å². The number of aromatic hydroxyl groups is 1. The number of aliphatic hydroxyl groups excluding tert-OH is 1. The first-order chi connectivity index (χ1) is 10.1. The van der Waals surface area contributed by atoms with Crippen molar-refractivity contribution >= 4 is 5.96 Å². The summed E-state index contributed by atoms with van der Waals surface area (Å²) in [4.78, 5) is 6.57. The smallest absolute Gasteiger partial charge is 0.194 e. The molecular formula is C15H23N3O3. The number of ether oxygens (including phenoxy) is 1. The lowest BCUT2D eigenvalue weighted by Crippen LogP contribution is -2.40. The predicted octanol–water partition coefficient (Wildman–Crippen LogP) is 0.933. The zero-order valence-corrected chi connectivity index (χ0v) is 12.5. The minimum absolute atomic E-state index is 0.205. The van der Waals surface area contributed by atoms with E-state index < -0.39 is 0 Å². The Morgan fingerprint density at radius 2 is 2.33 bits per heavy atom. The number of rotatable bonds is 4. The number of nitrogens with one attached hydrogen (secondary N) is 1. The first kappa shape index (κ1) is 15.4. The Hall–Kier alpha value is -1.95. The van der Waals surface area contributed by atoms with Crippen LogP contribution in [0.1, 0.15) is 18.9 Å². The molecule has 0 aromatic heterocycles. The number of β-amino-alcohol motifs (C(OH)–C–C–N with tert-alkyl or cyclic N) is 1. The minimum Gasteiger partial charge on any atom is -0.508 e. The second kappa shape index (κ2) is 7.17. The number of guanidine groups is 1. The molecule has 2 rings (SSSR count). The van der Waals surface area contributed by atoms with Gasteiger partial charge in [-0.2, -0.15) is 0 Å². The first-order valence-corrected chi connectivity index (χ1v) is 7.21. The quantitative estimate of drug-likeness (QED) is 0.569. The molecule has 0 unspecified atom stereocenters. The fourth-order valence-electron chi connectivity index (χ4n) is 2.34. The molecule has 0 aliphatic carbocycles. The molecule has 21 heavy (non-hydrogen) atoms. The zero-order chi connectivity index (χ0) is 15.2. The van der Waals surface area contributed by atoms with Crippen LogP contribution in [0.2, 0.25) is 0 Å². The van der Waals surface area contributed by atoms with Crippen molar-refractivity contribution in [3.05, 3.63) is 23.8 Å². The fourth-order valence-corrected chi connectivity index (χ4v) is 2.34. The number of likely N-dealkylation sites (tertiary alicyclic amines) is 1. The number of methoxy groups -OCH3 is 1. The van der Waals surface area contributed by atoms with E-state index in [1.54, 1.807) is 25.3 Å². The number of phenols is 1. The molecular weight excluding hydrogens is 270 g/mol. The van der Waals surface area contributed by atoms with Crippen molar-refractivity contribution in [3.8, 4) is 11.5 Å². The third-order valence-corrected chi connectivity index (χ3v) is 3.48. The van der Waals surface area contributed by atoms with Gasteiger partial charge in [0.25, 0.3) is 0 Å². The highest BCUT2D eigenvalue weighted by Gasteiger charge is 2.22. The molecule has 0 saturated carbocycles. The summed E-state index contributed by atoms with van der Waals surface area (Å²) < 4.78 is 5.16. The highest BCUT2D eigenvalue weighted by Crippen LogP contribution is 2.23. The molecule has 6 nitrogen and oxygen atoms in total. The second-order valence-corrected chi connectivity index (χ2v) is 5.05. The van der Waals surface area contributed by atoms with E-state index in [-0.39, 0.29) is 11.9 Å². The largest absolute Gasteiger partial charge is 0.508 e. The van der Waals surface area contributed by atoms with Crippen LogP contribution in [-0.2, 0) is 6.54 Å². The number of nitrogens with zero attached hydrogens (tertiary/aromatic N) is 2. The van der Waals surface area contributed by atoms with E-state index >= 15 is 0 Å². The van der Waals surface area contributed by atoms with Crippen LogP contribution in [0.15, 0.2) is 23.2 Å². The summed E-state index contributed by atoms with van der Waals surface area (Å²) in [6.07, 6.45) is 0.466. The predicted molar refractivity (Wildman–Crippen MR) is 81.7 cm³/mol. The summed E-state index contributed by atoms with van der Waals surface area (Å²) in [5, 5.41) is 22.7. The van der Waals surface area contributed by atoms with Crippen molar-refractivity contribution < 1.29 is 14.9 Å². The van der Waals surface area contributed by atoms with Gasteiger partial charge in [0, 0.05) is 25.2 Å². The molecule has 0 spiro atoms. The van der Waals surface area contributed by atoms with E-state index in [0.717, 1.165) is 25.5 Å². The van der Waals surface area contributed by atoms with Crippen LogP contribution in [0.4, 0.5) is 0 Å². The standard InChI is InChI=1S/C15H23N3O3/c1-3-16-15(18-7-6-12(19)10-18)17-9-11-8-13(21-2)4-5-14(11)20/h4-5,8,12,19-20H,3,6-7,9-10H2,1-2H3,(H,16,17)/t12-/m1/s1. The molecule has 3 N–H and O–H groups in total. The summed E-state index contributed by atoms with van der Waals surface area (Å²) in [5.74, 6) is 1.66. The Bertz CT molecular complexity index is 505. The van der Waals surface area contributed by atoms with Crippen LogP contribution in [0.5, 0.6) is 11.5 Å². The summed E-state index contributed by atoms with van der Waals surface area (Å²) >= 11 is 0. The molecule has 1 aromatic carbocycles. The number of aliphatic hydroxyl groups is 1. The molecule has 1 atom stereocenters. The van der Waals surface area contributed by atoms with Gasteiger partial charge >= 0.3 is 0 Å². The van der Waals surface area contributed by atoms with Crippen molar-refractivity contribution in [1.82, 2.24) is 10.2 Å². The van der Waals surface area contributed by atoms with Crippen molar-refractivity contribution in [2.45, 2.75) is 26.0 Å². The number of phenolic OH excluding ortho intramolecular Hbond substituents is 1. The molecule has 1 heterocycles. The van der Waals surface area contributed by atoms with Gasteiger partial charge in [0.1, 0.15) is 11.5 Å². The third kappa shape index (κ3) is 4.01. The van der Waals surface area contributed by atoms with E-state index in [1.807, 2.05) is 11.8 Å². The third-order valence-electron chi connectivity index (χ3n) is 3.48. The van der Waals surface area contributed by atoms with Gasteiger partial charge in [0.05, 0.1) is 19.8 Å². The van der Waals surface area contributed by atoms with Gasteiger partial charge < -0.3 is 25.2 Å². The van der Waals surface area contributed by atoms with Crippen LogP contribution in [-0.4, -0.2) is 53.9 Å². The maximum atomic E-state index is 9.88. The Labute approximate surface area is 125 Å². The first-order valence-electron chi connectivity index (χ1n) is 7.21. The fraction of sp³-hybridized carbons (Fsp3) is 0.533. The van der Waals surface area contributed by atoms with Gasteiger partial charge in [0.2, 0.25) is 0 Å². The molecule has 0 bridgehead atoms. The summed E-state index contributed by atoms with van der Waals surface area (Å²) in [5.41, 5.74) is 0.712. The maximum absolute atomic E-state index is 9.88. The monoisotopic (exact) mass is 293 g/mol. The molecule has 0 amide bonds. The van der Waals surface area contributed by atoms with Crippen LogP contribution in [0.25, 0.3) is 0 Å². The SMILES string of the molecule is CCNC(=NCc1cc(OC)ccc1O)N1CC[C@@H](O)C1. The maximum Gasteiger partial charge on any atom is 0.194 e. The van der Waals surface area contributed by atoms with Crippen LogP contribution in [0, 0.1) is 0 Å². The Morgan fingerprint density at radius 3 is 2.95 bits per heavy atom. The van der Waals surface area contributed by atoms with Crippen LogP contribution < -0.4 is 10.1 Å². The van der Waals surface area contributed by atoms with E-state index in [1.165, 1.54) is 0 Å². The topological polar surface area (TPSA) is 77.3 Å². The molecule has 1 aromatic rings. The highest BCUT2D eigenvalue weighted by atomic mass is 16.5. The van der Waals surface area contributed by atoms with Crippen LogP contribution in [0.3, 0.4) is 0 Å². The van der Waals surface area contributed by atoms with E-state index in [2.05, 4.69) is 10.3 Å². The molecule has 1 saturated heterocycles. The minimum atomic E-state index is -0.293. The molecule has 116 valence electrons. The lowest BCUT2D eigenvalue weighted by atomic mass is 10.2. The number of hydrogen-bond donors (Lipinski definition) is 3. The van der Waals surface area contributed by atoms with Crippen molar-refractivity contribution in [3.63, 3.8) is 0 Å². The second-order valence-electron chi connectivity index (χ2n) is 5.05. The average Bonchev–Trinajstić information content (AvgIpc) is 2.91. The van der Waals surface area contributed by atoms with Crippen molar-refractivity contribution in [2.24, 2.45) is 4.99 Å². The van der Waals surface area contributed by atoms with Gasteiger partial charge in [0.15, 0.2) is 5.96 Å². The van der Waals surface area contributed by atoms with E-state index in [0.29, 0.717) is 24.4 Å². The molecule has 0 radical (unpaired) electrons. The Balaban J connectivity index is 2.12. The van der Waals surface area contributed by atoms with Crippen molar-refractivity contribution in [1.29, 1.82) is 0 Å². The van der Waals surface area contributed by atoms with E-state index in [4.69, 9.17) is 4.74 Å². The number of benzene rings is 1. The van der Waals surface area contributed by atoms with Gasteiger partial charge in [-0.25, -0.2) is 4.99 Å². The number of aliphatic imine (C=N–C) groups is 1. The lowest BCUT2D eigenvalue weighted by Gasteiger charge is -2.21. The van der Waals surface area contributed by atoms with Gasteiger partial charge in [-0.1, -0.05) is 0 Å². The lowest BCUT2D eigenvalue weighted by molar-refractivity contribution is 0.188. The van der Waals surface area contributed by atoms with Crippen molar-refractivity contribution in [2.75, 3.05) is 26.7 Å². The molecule has 1 aliphatic heterocycles. The summed E-state index contributed by atoms with van der Waals surface area (Å²) in [6, 6.07) is 5.10. The average molecular weight is 293 g/mol. The Morgan fingerprint density at radius 1 is 1.52 bits per heavy atom. The van der Waals surface area contributed by atoms with Gasteiger partial charge in [-0.3, -0.25) is 0 Å². The highest BCUT2D eigenvalue weighted by molar-refractivity contribution is 5.80. The van der Waals surface area contributed by atoms with Crippen LogP contribution >= 0.6 is 0 Å². The van der Waals surface area contributed by atoms with Gasteiger partial charge in [-0.15, -0.1) is 0 Å². The van der Waals surface area contributed by atoms with Gasteiger partial charge in [-0.05, 0) is 31.5 Å². The molecule has 1 fully saturated rings. The normalized spacial score (nSPS) is 18.9. The zero-order valence-electron chi connectivity index (χ0n) is 12.5. The summed E-state index contributed by atoms with van der Waals surface area (Å²) in [6.45, 7) is 4.51. The number of hydrogen-bond acceptors (Lipinski definition) is 4. The summed E-state index contributed by atoms with van der Waals surface area (Å²) in [7, 11) is 1.59. The Kier molecular flexibility index (Phi) is 5.27. The molecule has 6 heteroatoms.